The molecule has 0 saturated carbocycles. The average molecular weight is 463 g/mol. The number of anilines is 1. The van der Waals surface area contributed by atoms with Gasteiger partial charge in [-0.1, -0.05) is 30.3 Å². The highest BCUT2D eigenvalue weighted by atomic mass is 19.1. The van der Waals surface area contributed by atoms with E-state index in [1.54, 1.807) is 30.5 Å². The predicted molar refractivity (Wildman–Crippen MR) is 128 cm³/mol. The van der Waals surface area contributed by atoms with Gasteiger partial charge in [-0.3, -0.25) is 14.7 Å². The van der Waals surface area contributed by atoms with Crippen LogP contribution in [0.3, 0.4) is 0 Å². The maximum atomic E-state index is 13.4. The summed E-state index contributed by atoms with van der Waals surface area (Å²) < 4.78 is 13.4. The highest BCUT2D eigenvalue weighted by molar-refractivity contribution is 5.97. The molecule has 3 aromatic rings. The number of nitrogens with zero attached hydrogens (tertiary/aromatic N) is 3. The number of rotatable bonds is 7. The van der Waals surface area contributed by atoms with Gasteiger partial charge in [0.05, 0.1) is 6.54 Å². The monoisotopic (exact) mass is 462 g/mol. The summed E-state index contributed by atoms with van der Waals surface area (Å²) in [5, 5.41) is 12.3. The molecule has 34 heavy (non-hydrogen) atoms. The molecule has 0 bridgehead atoms. The van der Waals surface area contributed by atoms with Crippen molar-refractivity contribution in [3.8, 4) is 11.1 Å². The van der Waals surface area contributed by atoms with E-state index in [2.05, 4.69) is 15.2 Å². The number of pyridine rings is 1. The van der Waals surface area contributed by atoms with Crippen LogP contribution in [0.4, 0.5) is 14.9 Å². The number of piperazine rings is 1. The Hall–Kier alpha value is -3.78. The van der Waals surface area contributed by atoms with E-state index in [1.807, 2.05) is 31.2 Å². The van der Waals surface area contributed by atoms with Crippen molar-refractivity contribution >= 4 is 17.6 Å². The van der Waals surface area contributed by atoms with Gasteiger partial charge in [0.2, 0.25) is 0 Å². The summed E-state index contributed by atoms with van der Waals surface area (Å²) in [6, 6.07) is 17.5. The van der Waals surface area contributed by atoms with E-state index in [0.717, 1.165) is 23.4 Å². The molecule has 0 aliphatic carbocycles. The number of ketones is 1. The molecule has 1 fully saturated rings. The van der Waals surface area contributed by atoms with Crippen molar-refractivity contribution in [1.29, 1.82) is 0 Å². The maximum absolute atomic E-state index is 13.4. The fourth-order valence-electron chi connectivity index (χ4n) is 4.12. The molecule has 0 spiro atoms. The van der Waals surface area contributed by atoms with Gasteiger partial charge < -0.3 is 15.3 Å². The zero-order valence-corrected chi connectivity index (χ0v) is 18.9. The number of amides is 1. The van der Waals surface area contributed by atoms with E-state index in [4.69, 9.17) is 0 Å². The van der Waals surface area contributed by atoms with E-state index in [1.165, 1.54) is 17.0 Å². The number of halogens is 1. The Morgan fingerprint density at radius 2 is 1.88 bits per heavy atom. The lowest BCUT2D eigenvalue weighted by atomic mass is 10.1. The zero-order chi connectivity index (χ0) is 24.1. The normalized spacial score (nSPS) is 16.3. The van der Waals surface area contributed by atoms with Gasteiger partial charge in [0, 0.05) is 49.7 Å². The third kappa shape index (κ3) is 5.77. The van der Waals surface area contributed by atoms with Crippen molar-refractivity contribution in [3.05, 3.63) is 83.9 Å². The van der Waals surface area contributed by atoms with Crippen LogP contribution in [0.1, 0.15) is 23.0 Å². The first-order valence-electron chi connectivity index (χ1n) is 11.2. The summed E-state index contributed by atoms with van der Waals surface area (Å²) in [5.74, 6) is -0.455. The second kappa shape index (κ2) is 10.4. The van der Waals surface area contributed by atoms with Crippen molar-refractivity contribution in [1.82, 2.24) is 14.8 Å². The number of nitrogens with one attached hydrogen (secondary N) is 1. The molecule has 2 aromatic carbocycles. The van der Waals surface area contributed by atoms with E-state index in [-0.39, 0.29) is 24.2 Å². The average Bonchev–Trinajstić information content (AvgIpc) is 2.83. The van der Waals surface area contributed by atoms with Crippen LogP contribution in [0.2, 0.25) is 0 Å². The SMILES string of the molecule is C[C@H]1CN(Cc2ccc(NCC(=O)c3ccc(-c4cccc(F)c4)cn3)cc2)CCN1C(=O)O. The molecular weight excluding hydrogens is 435 g/mol. The topological polar surface area (TPSA) is 85.8 Å². The Morgan fingerprint density at radius 1 is 1.09 bits per heavy atom. The molecule has 2 N–H and O–H groups in total. The number of carboxylic acid groups (broad SMARTS) is 1. The van der Waals surface area contributed by atoms with E-state index in [9.17, 15) is 19.1 Å². The molecule has 1 saturated heterocycles. The lowest BCUT2D eigenvalue weighted by Crippen LogP contribution is -2.53. The Morgan fingerprint density at radius 3 is 2.53 bits per heavy atom. The quantitative estimate of drug-likeness (QED) is 0.508. The Labute approximate surface area is 197 Å². The van der Waals surface area contributed by atoms with Gasteiger partial charge in [-0.05, 0) is 48.4 Å². The summed E-state index contributed by atoms with van der Waals surface area (Å²) in [7, 11) is 0. The van der Waals surface area contributed by atoms with Gasteiger partial charge in [-0.15, -0.1) is 0 Å². The lowest BCUT2D eigenvalue weighted by Gasteiger charge is -2.38. The number of hydrogen-bond donors (Lipinski definition) is 2. The van der Waals surface area contributed by atoms with Crippen molar-refractivity contribution in [2.75, 3.05) is 31.5 Å². The summed E-state index contributed by atoms with van der Waals surface area (Å²) >= 11 is 0. The minimum Gasteiger partial charge on any atom is -0.465 e. The van der Waals surface area contributed by atoms with Crippen LogP contribution in [0.25, 0.3) is 11.1 Å². The third-order valence-corrected chi connectivity index (χ3v) is 5.98. The standard InChI is InChI=1S/C26H27FN4O3/c1-18-16-30(11-12-31(18)26(33)34)17-19-5-8-23(9-6-19)28-15-25(32)24-10-7-21(14-29-24)20-3-2-4-22(27)13-20/h2-10,13-14,18,28H,11-12,15-17H2,1H3,(H,33,34)/t18-/m0/s1. The molecule has 2 heterocycles. The Kier molecular flexibility index (Phi) is 7.18. The van der Waals surface area contributed by atoms with Crippen molar-refractivity contribution in [2.24, 2.45) is 0 Å². The van der Waals surface area contributed by atoms with Crippen molar-refractivity contribution in [3.63, 3.8) is 0 Å². The minimum atomic E-state index is -0.866. The van der Waals surface area contributed by atoms with E-state index in [0.29, 0.717) is 30.9 Å². The third-order valence-electron chi connectivity index (χ3n) is 5.98. The number of benzene rings is 2. The van der Waals surface area contributed by atoms with E-state index >= 15 is 0 Å². The number of aromatic nitrogens is 1. The first-order chi connectivity index (χ1) is 16.4. The number of carbonyl (C=O) groups excluding carboxylic acids is 1. The molecule has 7 nitrogen and oxygen atoms in total. The Bertz CT molecular complexity index is 1150. The lowest BCUT2D eigenvalue weighted by molar-refractivity contribution is 0.0711. The molecule has 176 valence electrons. The van der Waals surface area contributed by atoms with Gasteiger partial charge in [-0.2, -0.15) is 0 Å². The zero-order valence-electron chi connectivity index (χ0n) is 18.9. The fraction of sp³-hybridized carbons (Fsp3) is 0.269. The molecule has 1 amide bonds. The summed E-state index contributed by atoms with van der Waals surface area (Å²) in [4.78, 5) is 31.7. The van der Waals surface area contributed by atoms with Crippen LogP contribution in [-0.4, -0.2) is 64.0 Å². The highest BCUT2D eigenvalue weighted by Crippen LogP contribution is 2.20. The maximum Gasteiger partial charge on any atom is 0.407 e. The van der Waals surface area contributed by atoms with Gasteiger partial charge in [-0.25, -0.2) is 9.18 Å². The van der Waals surface area contributed by atoms with Crippen LogP contribution >= 0.6 is 0 Å². The molecule has 4 rings (SSSR count). The molecule has 1 atom stereocenters. The van der Waals surface area contributed by atoms with Gasteiger partial charge in [0.1, 0.15) is 11.5 Å². The minimum absolute atomic E-state index is 0.0327. The number of carbonyl (C=O) groups is 2. The fourth-order valence-corrected chi connectivity index (χ4v) is 4.12. The second-order valence-electron chi connectivity index (χ2n) is 8.48. The van der Waals surface area contributed by atoms with Gasteiger partial charge in [0.25, 0.3) is 0 Å². The van der Waals surface area contributed by atoms with Crippen molar-refractivity contribution in [2.45, 2.75) is 19.5 Å². The molecule has 8 heteroatoms. The van der Waals surface area contributed by atoms with Gasteiger partial charge >= 0.3 is 6.09 Å². The summed E-state index contributed by atoms with van der Waals surface area (Å²) in [6.07, 6.45) is 0.711. The van der Waals surface area contributed by atoms with Crippen LogP contribution in [0.15, 0.2) is 66.9 Å². The molecule has 1 aliphatic heterocycles. The number of hydrogen-bond acceptors (Lipinski definition) is 5. The molecule has 1 aliphatic rings. The molecule has 0 radical (unpaired) electrons. The van der Waals surface area contributed by atoms with Crippen LogP contribution in [-0.2, 0) is 6.54 Å². The Balaban J connectivity index is 1.28. The van der Waals surface area contributed by atoms with E-state index < -0.39 is 6.09 Å². The predicted octanol–water partition coefficient (Wildman–Crippen LogP) is 4.37. The largest absolute Gasteiger partial charge is 0.465 e. The van der Waals surface area contributed by atoms with Crippen LogP contribution in [0, 0.1) is 5.82 Å². The molecule has 1 aromatic heterocycles. The highest BCUT2D eigenvalue weighted by Gasteiger charge is 2.26. The van der Waals surface area contributed by atoms with Crippen molar-refractivity contribution < 1.29 is 19.1 Å². The van der Waals surface area contributed by atoms with Crippen LogP contribution < -0.4 is 5.32 Å². The summed E-state index contributed by atoms with van der Waals surface area (Å²) in [6.45, 7) is 4.70. The molecule has 0 unspecified atom stereocenters. The first-order valence-corrected chi connectivity index (χ1v) is 11.2. The van der Waals surface area contributed by atoms with Crippen LogP contribution in [0.5, 0.6) is 0 Å². The smallest absolute Gasteiger partial charge is 0.407 e. The first kappa shape index (κ1) is 23.4. The van der Waals surface area contributed by atoms with Gasteiger partial charge in [0.15, 0.2) is 5.78 Å². The summed E-state index contributed by atoms with van der Waals surface area (Å²) in [5.41, 5.74) is 3.76. The number of Topliss-reactive ketones (excluding diaryl/α,β-unsaturated/α-hetero) is 1. The second-order valence-corrected chi connectivity index (χ2v) is 8.48. The molecular formula is C26H27FN4O3.